The van der Waals surface area contributed by atoms with Crippen molar-refractivity contribution in [2.75, 3.05) is 0 Å². The summed E-state index contributed by atoms with van der Waals surface area (Å²) in [6.07, 6.45) is 0.191. The molecule has 1 rings (SSSR count). The van der Waals surface area contributed by atoms with Gasteiger partial charge in [0.15, 0.2) is 23.3 Å². The molecule has 20 heavy (non-hydrogen) atoms. The first kappa shape index (κ1) is 16.3. The zero-order chi connectivity index (χ0) is 15.6. The van der Waals surface area contributed by atoms with Crippen LogP contribution >= 0.6 is 12.2 Å². The van der Waals surface area contributed by atoms with E-state index in [9.17, 15) is 26.7 Å². The Bertz CT molecular complexity index is 549. The fourth-order valence-electron chi connectivity index (χ4n) is 1.41. The average Bonchev–Trinajstić information content (AvgIpc) is 2.40. The molecule has 0 saturated heterocycles. The Morgan fingerprint density at radius 3 is 1.85 bits per heavy atom. The summed E-state index contributed by atoms with van der Waals surface area (Å²) in [5, 5.41) is 2.00. The van der Waals surface area contributed by atoms with Crippen LogP contribution in [-0.2, 0) is 0 Å². The van der Waals surface area contributed by atoms with Crippen LogP contribution < -0.4 is 11.1 Å². The minimum atomic E-state index is -2.34. The van der Waals surface area contributed by atoms with E-state index in [1.807, 2.05) is 5.32 Å². The molecule has 0 aromatic heterocycles. The summed E-state index contributed by atoms with van der Waals surface area (Å²) in [5.41, 5.74) is 3.68. The van der Waals surface area contributed by atoms with Crippen molar-refractivity contribution >= 4 is 23.1 Å². The summed E-state index contributed by atoms with van der Waals surface area (Å²) >= 11 is 4.59. The monoisotopic (exact) mass is 312 g/mol. The highest BCUT2D eigenvalue weighted by atomic mass is 32.1. The number of benzene rings is 1. The first-order chi connectivity index (χ1) is 9.22. The van der Waals surface area contributed by atoms with Gasteiger partial charge in [-0.15, -0.1) is 0 Å². The third-order valence-electron chi connectivity index (χ3n) is 2.49. The zero-order valence-electron chi connectivity index (χ0n) is 10.1. The summed E-state index contributed by atoms with van der Waals surface area (Å²) in [5.74, 6) is -12.6. The summed E-state index contributed by atoms with van der Waals surface area (Å²) in [6.45, 7) is 1.56. The van der Waals surface area contributed by atoms with Crippen molar-refractivity contribution in [3.8, 4) is 0 Å². The van der Waals surface area contributed by atoms with Gasteiger partial charge in [0.2, 0.25) is 5.82 Å². The van der Waals surface area contributed by atoms with E-state index in [1.54, 1.807) is 6.92 Å². The predicted octanol–water partition coefficient (Wildman–Crippen LogP) is 2.18. The summed E-state index contributed by atoms with van der Waals surface area (Å²) in [7, 11) is 0. The van der Waals surface area contributed by atoms with Crippen molar-refractivity contribution in [3.05, 3.63) is 34.6 Å². The lowest BCUT2D eigenvalue weighted by Gasteiger charge is -2.16. The number of thiocarbonyl (C=S) groups is 1. The summed E-state index contributed by atoms with van der Waals surface area (Å²) in [6, 6.07) is -0.924. The Kier molecular flexibility index (Phi) is 4.98. The maximum absolute atomic E-state index is 13.4. The van der Waals surface area contributed by atoms with Gasteiger partial charge in [-0.25, -0.2) is 22.0 Å². The molecule has 0 radical (unpaired) electrons. The Morgan fingerprint density at radius 1 is 1.10 bits per heavy atom. The van der Waals surface area contributed by atoms with E-state index in [2.05, 4.69) is 12.2 Å². The second-order valence-electron chi connectivity index (χ2n) is 3.78. The molecular formula is C11H9F5N2OS. The number of carbonyl (C=O) groups excluding carboxylic acids is 1. The molecule has 0 saturated carbocycles. The van der Waals surface area contributed by atoms with Crippen molar-refractivity contribution in [1.29, 1.82) is 0 Å². The maximum Gasteiger partial charge on any atom is 0.258 e. The lowest BCUT2D eigenvalue weighted by molar-refractivity contribution is 0.0934. The molecule has 110 valence electrons. The van der Waals surface area contributed by atoms with E-state index in [0.29, 0.717) is 0 Å². The molecule has 0 aliphatic rings. The molecule has 0 fully saturated rings. The van der Waals surface area contributed by atoms with E-state index >= 15 is 0 Å². The molecule has 0 spiro atoms. The second kappa shape index (κ2) is 6.12. The maximum atomic E-state index is 13.4. The van der Waals surface area contributed by atoms with Crippen LogP contribution in [0.15, 0.2) is 0 Å². The predicted molar refractivity (Wildman–Crippen MR) is 64.6 cm³/mol. The molecule has 1 aromatic rings. The minimum absolute atomic E-state index is 0.176. The summed E-state index contributed by atoms with van der Waals surface area (Å²) in [4.78, 5) is 11.4. The van der Waals surface area contributed by atoms with Gasteiger partial charge < -0.3 is 11.1 Å². The highest BCUT2D eigenvalue weighted by Gasteiger charge is 2.30. The number of hydrogen-bond donors (Lipinski definition) is 2. The third-order valence-corrected chi connectivity index (χ3v) is 2.78. The smallest absolute Gasteiger partial charge is 0.258 e. The molecule has 1 atom stereocenters. The standard InChI is InChI=1S/C11H9F5N2OS/c1-2-3(10(17)20)18-11(19)4-5(12)7(14)9(16)8(15)6(4)13/h3H,2H2,1H3,(H2,17,20)(H,18,19). The van der Waals surface area contributed by atoms with Crippen LogP contribution in [0, 0.1) is 29.1 Å². The van der Waals surface area contributed by atoms with Crippen LogP contribution in [0.2, 0.25) is 0 Å². The van der Waals surface area contributed by atoms with Gasteiger partial charge in [-0.3, -0.25) is 4.79 Å². The van der Waals surface area contributed by atoms with E-state index in [0.717, 1.165) is 0 Å². The third kappa shape index (κ3) is 2.87. The number of hydrogen-bond acceptors (Lipinski definition) is 2. The molecule has 0 aliphatic carbocycles. The molecule has 0 heterocycles. The number of carbonyl (C=O) groups is 1. The lowest BCUT2D eigenvalue weighted by atomic mass is 10.1. The molecule has 3 nitrogen and oxygen atoms in total. The summed E-state index contributed by atoms with van der Waals surface area (Å²) < 4.78 is 65.4. The molecule has 0 bridgehead atoms. The van der Waals surface area contributed by atoms with Gasteiger partial charge in [0, 0.05) is 0 Å². The van der Waals surface area contributed by atoms with Gasteiger partial charge in [-0.2, -0.15) is 0 Å². The average molecular weight is 312 g/mol. The quantitative estimate of drug-likeness (QED) is 0.388. The van der Waals surface area contributed by atoms with Crippen molar-refractivity contribution in [3.63, 3.8) is 0 Å². The van der Waals surface area contributed by atoms with Crippen LogP contribution in [0.4, 0.5) is 22.0 Å². The van der Waals surface area contributed by atoms with Gasteiger partial charge >= 0.3 is 0 Å². The SMILES string of the molecule is CCC(NC(=O)c1c(F)c(F)c(F)c(F)c1F)C(N)=S. The first-order valence-electron chi connectivity index (χ1n) is 5.33. The van der Waals surface area contributed by atoms with Gasteiger partial charge in [-0.05, 0) is 6.42 Å². The highest BCUT2D eigenvalue weighted by molar-refractivity contribution is 7.80. The topological polar surface area (TPSA) is 55.1 Å². The van der Waals surface area contributed by atoms with E-state index in [1.165, 1.54) is 0 Å². The lowest BCUT2D eigenvalue weighted by Crippen LogP contribution is -2.43. The number of halogens is 5. The number of amides is 1. The Morgan fingerprint density at radius 2 is 1.50 bits per heavy atom. The van der Waals surface area contributed by atoms with E-state index in [4.69, 9.17) is 5.73 Å². The number of rotatable bonds is 4. The largest absolute Gasteiger partial charge is 0.392 e. The van der Waals surface area contributed by atoms with E-state index < -0.39 is 46.6 Å². The Labute approximate surface area is 115 Å². The van der Waals surface area contributed by atoms with Gasteiger partial charge in [-0.1, -0.05) is 19.1 Å². The first-order valence-corrected chi connectivity index (χ1v) is 5.74. The van der Waals surface area contributed by atoms with Crippen LogP contribution in [0.1, 0.15) is 23.7 Å². The molecular weight excluding hydrogens is 303 g/mol. The fraction of sp³-hybridized carbons (Fsp3) is 0.273. The molecule has 9 heteroatoms. The van der Waals surface area contributed by atoms with Crippen LogP contribution in [0.25, 0.3) is 0 Å². The Hall–Kier alpha value is -1.77. The number of nitrogens with one attached hydrogen (secondary N) is 1. The molecule has 0 aliphatic heterocycles. The fourth-order valence-corrected chi connectivity index (χ4v) is 1.63. The highest BCUT2D eigenvalue weighted by Crippen LogP contribution is 2.23. The molecule has 1 aromatic carbocycles. The zero-order valence-corrected chi connectivity index (χ0v) is 10.9. The molecule has 1 amide bonds. The normalized spacial score (nSPS) is 12.1. The molecule has 3 N–H and O–H groups in total. The van der Waals surface area contributed by atoms with Crippen LogP contribution in [0.3, 0.4) is 0 Å². The van der Waals surface area contributed by atoms with Gasteiger partial charge in [0.05, 0.1) is 11.0 Å². The molecule has 1 unspecified atom stereocenters. The Balaban J connectivity index is 3.27. The van der Waals surface area contributed by atoms with Crippen LogP contribution in [0.5, 0.6) is 0 Å². The van der Waals surface area contributed by atoms with Crippen molar-refractivity contribution in [2.45, 2.75) is 19.4 Å². The van der Waals surface area contributed by atoms with Crippen molar-refractivity contribution in [1.82, 2.24) is 5.32 Å². The number of nitrogens with two attached hydrogens (primary N) is 1. The van der Waals surface area contributed by atoms with Crippen molar-refractivity contribution < 1.29 is 26.7 Å². The van der Waals surface area contributed by atoms with Gasteiger partial charge in [0.1, 0.15) is 5.56 Å². The van der Waals surface area contributed by atoms with Gasteiger partial charge in [0.25, 0.3) is 5.91 Å². The van der Waals surface area contributed by atoms with Crippen molar-refractivity contribution in [2.24, 2.45) is 5.73 Å². The van der Waals surface area contributed by atoms with E-state index in [-0.39, 0.29) is 11.4 Å². The second-order valence-corrected chi connectivity index (χ2v) is 4.25. The minimum Gasteiger partial charge on any atom is -0.392 e. The van der Waals surface area contributed by atoms with Crippen LogP contribution in [-0.4, -0.2) is 16.9 Å².